The van der Waals surface area contributed by atoms with Gasteiger partial charge in [-0.3, -0.25) is 8.98 Å². The topological polar surface area (TPSA) is 63.7 Å². The lowest BCUT2D eigenvalue weighted by Gasteiger charge is -2.23. The fourth-order valence-corrected chi connectivity index (χ4v) is 2.09. The Morgan fingerprint density at radius 3 is 2.37 bits per heavy atom. The Labute approximate surface area is 118 Å². The first kappa shape index (κ1) is 15.9. The van der Waals surface area contributed by atoms with E-state index < -0.39 is 10.1 Å². The molecule has 0 heterocycles. The van der Waals surface area contributed by atoms with E-state index in [0.717, 1.165) is 11.9 Å². The molecule has 0 aromatic heterocycles. The molecule has 0 saturated heterocycles. The van der Waals surface area contributed by atoms with E-state index in [0.29, 0.717) is 24.5 Å². The molecule has 1 aromatic carbocycles. The van der Waals surface area contributed by atoms with Gasteiger partial charge in [-0.2, -0.15) is 8.42 Å². The van der Waals surface area contributed by atoms with Gasteiger partial charge in [0.15, 0.2) is 0 Å². The molecule has 0 spiro atoms. The number of benzene rings is 1. The molecule has 0 aliphatic rings. The quantitative estimate of drug-likeness (QED) is 0.533. The summed E-state index contributed by atoms with van der Waals surface area (Å²) in [6.07, 6.45) is 2.80. The molecule has 1 rings (SSSR count). The summed E-state index contributed by atoms with van der Waals surface area (Å²) in [7, 11) is -3.44. The first-order valence-electron chi connectivity index (χ1n) is 5.60. The van der Waals surface area contributed by atoms with E-state index in [4.69, 9.17) is 15.8 Å². The molecule has 1 radical (unpaired) electrons. The first-order valence-corrected chi connectivity index (χ1v) is 7.95. The zero-order valence-corrected chi connectivity index (χ0v) is 12.1. The highest BCUT2D eigenvalue weighted by molar-refractivity contribution is 7.85. The van der Waals surface area contributed by atoms with Crippen molar-refractivity contribution in [1.82, 2.24) is 0 Å². The van der Waals surface area contributed by atoms with Gasteiger partial charge < -0.3 is 4.90 Å². The van der Waals surface area contributed by atoms with Gasteiger partial charge in [-0.05, 0) is 24.3 Å². The molecule has 0 saturated carbocycles. The van der Waals surface area contributed by atoms with Crippen LogP contribution in [0.5, 0.6) is 0 Å². The van der Waals surface area contributed by atoms with Gasteiger partial charge in [0.05, 0.1) is 12.9 Å². The largest absolute Gasteiger partial charge is 0.368 e. The molecule has 105 valence electrons. The van der Waals surface area contributed by atoms with Gasteiger partial charge in [-0.15, -0.1) is 11.6 Å². The molecule has 7 heteroatoms. The van der Waals surface area contributed by atoms with Gasteiger partial charge in [0, 0.05) is 30.2 Å². The lowest BCUT2D eigenvalue weighted by atomic mass is 10.2. The van der Waals surface area contributed by atoms with E-state index in [9.17, 15) is 13.2 Å². The van der Waals surface area contributed by atoms with E-state index in [1.165, 1.54) is 0 Å². The van der Waals surface area contributed by atoms with Gasteiger partial charge in [0.2, 0.25) is 6.29 Å². The molecule has 0 N–H and O–H groups in total. The highest BCUT2D eigenvalue weighted by atomic mass is 35.5. The number of alkyl halides is 1. The second kappa shape index (κ2) is 7.47. The fraction of sp³-hybridized carbons (Fsp3) is 0.417. The average Bonchev–Trinajstić information content (AvgIpc) is 2.36. The van der Waals surface area contributed by atoms with Crippen molar-refractivity contribution in [3.63, 3.8) is 0 Å². The third kappa shape index (κ3) is 6.04. The SMILES string of the molecule is CS(=O)(=O)OCCN(CCCl)c1ccc([C]=O)cc1. The predicted molar refractivity (Wildman–Crippen MR) is 75.0 cm³/mol. The van der Waals surface area contributed by atoms with Crippen LogP contribution in [0.2, 0.25) is 0 Å². The number of hydrogen-bond donors (Lipinski definition) is 0. The molecule has 0 aliphatic heterocycles. The Kier molecular flexibility index (Phi) is 6.27. The van der Waals surface area contributed by atoms with Crippen LogP contribution in [0.15, 0.2) is 24.3 Å². The molecule has 0 unspecified atom stereocenters. The number of carbonyl (C=O) groups excluding carboxylic acids is 1. The van der Waals surface area contributed by atoms with Crippen LogP contribution in [0, 0.1) is 0 Å². The van der Waals surface area contributed by atoms with E-state index >= 15 is 0 Å². The molecule has 0 atom stereocenters. The maximum Gasteiger partial charge on any atom is 0.264 e. The van der Waals surface area contributed by atoms with Gasteiger partial charge >= 0.3 is 0 Å². The van der Waals surface area contributed by atoms with Crippen molar-refractivity contribution >= 4 is 33.7 Å². The van der Waals surface area contributed by atoms with Crippen LogP contribution in [-0.4, -0.2) is 46.5 Å². The van der Waals surface area contributed by atoms with E-state index in [2.05, 4.69) is 0 Å². The zero-order chi connectivity index (χ0) is 14.3. The summed E-state index contributed by atoms with van der Waals surface area (Å²) < 4.78 is 26.5. The van der Waals surface area contributed by atoms with Crippen molar-refractivity contribution in [2.45, 2.75) is 0 Å². The van der Waals surface area contributed by atoms with Crippen molar-refractivity contribution in [2.24, 2.45) is 0 Å². The third-order valence-electron chi connectivity index (χ3n) is 2.36. The zero-order valence-electron chi connectivity index (χ0n) is 10.5. The minimum absolute atomic E-state index is 0.0529. The smallest absolute Gasteiger partial charge is 0.264 e. The second-order valence-corrected chi connectivity index (χ2v) is 5.87. The van der Waals surface area contributed by atoms with E-state index in [-0.39, 0.29) is 6.61 Å². The lowest BCUT2D eigenvalue weighted by molar-refractivity contribution is 0.328. The van der Waals surface area contributed by atoms with Crippen LogP contribution in [0.1, 0.15) is 5.56 Å². The Bertz CT molecular complexity index is 501. The predicted octanol–water partition coefficient (Wildman–Crippen LogP) is 1.17. The van der Waals surface area contributed by atoms with Crippen LogP contribution in [0.25, 0.3) is 0 Å². The van der Waals surface area contributed by atoms with Crippen LogP contribution in [0.3, 0.4) is 0 Å². The van der Waals surface area contributed by atoms with Gasteiger partial charge in [-0.25, -0.2) is 0 Å². The Balaban J connectivity index is 2.67. The third-order valence-corrected chi connectivity index (χ3v) is 3.13. The van der Waals surface area contributed by atoms with E-state index in [1.807, 2.05) is 4.90 Å². The molecule has 0 aliphatic carbocycles. The molecule has 19 heavy (non-hydrogen) atoms. The number of hydrogen-bond acceptors (Lipinski definition) is 5. The number of nitrogens with zero attached hydrogens (tertiary/aromatic N) is 1. The van der Waals surface area contributed by atoms with Gasteiger partial charge in [0.25, 0.3) is 10.1 Å². The highest BCUT2D eigenvalue weighted by Gasteiger charge is 2.08. The molecule has 5 nitrogen and oxygen atoms in total. The summed E-state index contributed by atoms with van der Waals surface area (Å²) in [5, 5.41) is 0. The molecule has 0 amide bonds. The van der Waals surface area contributed by atoms with Crippen molar-refractivity contribution in [1.29, 1.82) is 0 Å². The molecular formula is C12H15ClNO4S. The molecule has 1 aromatic rings. The summed E-state index contributed by atoms with van der Waals surface area (Å²) in [5.41, 5.74) is 1.30. The second-order valence-electron chi connectivity index (χ2n) is 3.85. The normalized spacial score (nSPS) is 11.3. The summed E-state index contributed by atoms with van der Waals surface area (Å²) in [4.78, 5) is 12.3. The first-order chi connectivity index (χ1) is 8.96. The maximum absolute atomic E-state index is 10.9. The van der Waals surface area contributed by atoms with Crippen LogP contribution in [-0.2, 0) is 19.1 Å². The fourth-order valence-electron chi connectivity index (χ4n) is 1.51. The van der Waals surface area contributed by atoms with Crippen LogP contribution >= 0.6 is 11.6 Å². The van der Waals surface area contributed by atoms with Crippen molar-refractivity contribution in [3.8, 4) is 0 Å². The van der Waals surface area contributed by atoms with E-state index in [1.54, 1.807) is 30.6 Å². The molecule has 0 fully saturated rings. The Morgan fingerprint density at radius 2 is 1.89 bits per heavy atom. The summed E-state index contributed by atoms with van der Waals surface area (Å²) in [6, 6.07) is 6.79. The number of anilines is 1. The van der Waals surface area contributed by atoms with Crippen molar-refractivity contribution in [2.75, 3.05) is 36.7 Å². The molecule has 0 bridgehead atoms. The van der Waals surface area contributed by atoms with Crippen molar-refractivity contribution in [3.05, 3.63) is 29.8 Å². The minimum Gasteiger partial charge on any atom is -0.368 e. The number of halogens is 1. The molecular weight excluding hydrogens is 290 g/mol. The van der Waals surface area contributed by atoms with Crippen LogP contribution in [0.4, 0.5) is 5.69 Å². The monoisotopic (exact) mass is 304 g/mol. The maximum atomic E-state index is 10.9. The lowest BCUT2D eigenvalue weighted by Crippen LogP contribution is -2.30. The standard InChI is InChI=1S/C12H15ClNO4S/c1-19(16,17)18-9-8-14(7-6-13)12-4-2-11(10-15)3-5-12/h2-5H,6-9H2,1H3. The minimum atomic E-state index is -3.44. The van der Waals surface area contributed by atoms with Gasteiger partial charge in [0.1, 0.15) is 0 Å². The number of rotatable bonds is 8. The van der Waals surface area contributed by atoms with Gasteiger partial charge in [-0.1, -0.05) is 0 Å². The van der Waals surface area contributed by atoms with Crippen molar-refractivity contribution < 1.29 is 17.4 Å². The summed E-state index contributed by atoms with van der Waals surface area (Å²) >= 11 is 5.71. The van der Waals surface area contributed by atoms with Crippen LogP contribution < -0.4 is 4.90 Å². The summed E-state index contributed by atoms with van der Waals surface area (Å²) in [5.74, 6) is 0.403. The summed E-state index contributed by atoms with van der Waals surface area (Å²) in [6.45, 7) is 1.00. The Morgan fingerprint density at radius 1 is 1.26 bits per heavy atom. The Hall–Kier alpha value is -1.11. The average molecular weight is 305 g/mol. The highest BCUT2D eigenvalue weighted by Crippen LogP contribution is 2.14.